The number of ether oxygens (including phenoxy) is 2. The van der Waals surface area contributed by atoms with Gasteiger partial charge in [0, 0.05) is 18.5 Å². The van der Waals surface area contributed by atoms with Crippen LogP contribution in [0.2, 0.25) is 0 Å². The number of hydrogen-bond donors (Lipinski definition) is 1. The van der Waals surface area contributed by atoms with Crippen LogP contribution in [0.4, 0.5) is 0 Å². The smallest absolute Gasteiger partial charge is 0.257 e. The van der Waals surface area contributed by atoms with Gasteiger partial charge in [-0.05, 0) is 40.6 Å². The van der Waals surface area contributed by atoms with Gasteiger partial charge in [0.15, 0.2) is 6.61 Å². The molecule has 8 heteroatoms. The number of rotatable bonds is 6. The number of hydrogen-bond acceptors (Lipinski definition) is 6. The predicted octanol–water partition coefficient (Wildman–Crippen LogP) is 1.41. The van der Waals surface area contributed by atoms with Gasteiger partial charge in [-0.3, -0.25) is 4.79 Å². The molecule has 1 aliphatic rings. The molecule has 3 aromatic rings. The molecule has 1 aliphatic heterocycles. The van der Waals surface area contributed by atoms with E-state index >= 15 is 0 Å². The summed E-state index contributed by atoms with van der Waals surface area (Å²) >= 11 is 0. The minimum atomic E-state index is -0.165. The van der Waals surface area contributed by atoms with Crippen molar-refractivity contribution in [2.24, 2.45) is 5.92 Å². The summed E-state index contributed by atoms with van der Waals surface area (Å²) in [5.74, 6) is 1.60. The zero-order valence-electron chi connectivity index (χ0n) is 14.6. The Labute approximate surface area is 156 Å². The Morgan fingerprint density at radius 1 is 1.26 bits per heavy atom. The summed E-state index contributed by atoms with van der Waals surface area (Å²) in [4.78, 5) is 12.1. The van der Waals surface area contributed by atoms with Crippen LogP contribution in [0.15, 0.2) is 54.9 Å². The van der Waals surface area contributed by atoms with Crippen molar-refractivity contribution in [1.82, 2.24) is 25.5 Å². The van der Waals surface area contributed by atoms with Crippen LogP contribution < -0.4 is 14.8 Å². The molecule has 8 nitrogen and oxygen atoms in total. The van der Waals surface area contributed by atoms with Crippen molar-refractivity contribution in [1.29, 1.82) is 0 Å². The second kappa shape index (κ2) is 7.86. The molecule has 1 atom stereocenters. The summed E-state index contributed by atoms with van der Waals surface area (Å²) in [5.41, 5.74) is 1.94. The van der Waals surface area contributed by atoms with E-state index in [1.165, 1.54) is 16.6 Å². The molecule has 0 radical (unpaired) electrons. The first-order valence-corrected chi connectivity index (χ1v) is 8.71. The van der Waals surface area contributed by atoms with Gasteiger partial charge in [0.2, 0.25) is 0 Å². The zero-order chi connectivity index (χ0) is 18.5. The van der Waals surface area contributed by atoms with Crippen molar-refractivity contribution >= 4 is 5.91 Å². The zero-order valence-corrected chi connectivity index (χ0v) is 14.6. The topological polar surface area (TPSA) is 91.2 Å². The van der Waals surface area contributed by atoms with Crippen molar-refractivity contribution in [3.8, 4) is 17.2 Å². The summed E-state index contributed by atoms with van der Waals surface area (Å²) < 4.78 is 12.8. The van der Waals surface area contributed by atoms with Gasteiger partial charge < -0.3 is 14.8 Å². The second-order valence-corrected chi connectivity index (χ2v) is 6.33. The normalized spacial score (nSPS) is 15.5. The molecule has 1 unspecified atom stereocenters. The predicted molar refractivity (Wildman–Crippen MR) is 96.8 cm³/mol. The Morgan fingerprint density at radius 2 is 2.19 bits per heavy atom. The maximum Gasteiger partial charge on any atom is 0.257 e. The number of aromatic nitrogens is 4. The number of para-hydroxylation sites is 1. The Hall–Kier alpha value is -3.42. The molecule has 2 heterocycles. The largest absolute Gasteiger partial charge is 0.493 e. The highest BCUT2D eigenvalue weighted by Gasteiger charge is 2.20. The highest BCUT2D eigenvalue weighted by molar-refractivity contribution is 5.77. The maximum atomic E-state index is 12.1. The van der Waals surface area contributed by atoms with E-state index in [2.05, 4.69) is 26.9 Å². The van der Waals surface area contributed by atoms with Crippen molar-refractivity contribution in [2.45, 2.75) is 6.42 Å². The molecule has 27 heavy (non-hydrogen) atoms. The quantitative estimate of drug-likeness (QED) is 0.710. The molecule has 1 N–H and O–H groups in total. The number of amides is 1. The van der Waals surface area contributed by atoms with Crippen molar-refractivity contribution < 1.29 is 14.3 Å². The molecule has 1 aromatic heterocycles. The molecule has 0 saturated heterocycles. The van der Waals surface area contributed by atoms with E-state index < -0.39 is 0 Å². The van der Waals surface area contributed by atoms with Gasteiger partial charge in [0.25, 0.3) is 5.91 Å². The molecule has 1 amide bonds. The van der Waals surface area contributed by atoms with E-state index in [0.29, 0.717) is 18.9 Å². The lowest BCUT2D eigenvalue weighted by Crippen LogP contribution is -2.37. The third kappa shape index (κ3) is 4.22. The van der Waals surface area contributed by atoms with Gasteiger partial charge in [-0.2, -0.15) is 0 Å². The standard InChI is InChI=1S/C19H19N5O3/c25-19(20-10-14-8-15-4-1-2-7-18(15)27-11-14)12-26-17-6-3-5-16(9-17)24-13-21-22-23-24/h1-7,9,13-14H,8,10-12H2,(H,20,25). The molecule has 0 bridgehead atoms. The molecule has 2 aromatic carbocycles. The summed E-state index contributed by atoms with van der Waals surface area (Å²) in [5, 5.41) is 13.9. The van der Waals surface area contributed by atoms with Crippen LogP contribution in [-0.4, -0.2) is 45.9 Å². The highest BCUT2D eigenvalue weighted by Crippen LogP contribution is 2.26. The fourth-order valence-electron chi connectivity index (χ4n) is 2.98. The first kappa shape index (κ1) is 17.0. The van der Waals surface area contributed by atoms with Crippen LogP contribution in [0.3, 0.4) is 0 Å². The Balaban J connectivity index is 1.25. The van der Waals surface area contributed by atoms with E-state index in [1.807, 2.05) is 30.3 Å². The third-order valence-corrected chi connectivity index (χ3v) is 4.34. The number of nitrogens with one attached hydrogen (secondary N) is 1. The molecule has 4 rings (SSSR count). The SMILES string of the molecule is O=C(COc1cccc(-n2cnnn2)c1)NCC1COc2ccccc2C1. The molecule has 0 aliphatic carbocycles. The average molecular weight is 365 g/mol. The van der Waals surface area contributed by atoms with Gasteiger partial charge >= 0.3 is 0 Å². The number of fused-ring (bicyclic) bond motifs is 1. The van der Waals surface area contributed by atoms with Gasteiger partial charge in [-0.15, -0.1) is 5.10 Å². The first-order valence-electron chi connectivity index (χ1n) is 8.71. The average Bonchev–Trinajstić information content (AvgIpc) is 3.26. The lowest BCUT2D eigenvalue weighted by Gasteiger charge is -2.25. The first-order chi connectivity index (χ1) is 13.3. The minimum Gasteiger partial charge on any atom is -0.493 e. The summed E-state index contributed by atoms with van der Waals surface area (Å²) in [7, 11) is 0. The van der Waals surface area contributed by atoms with E-state index in [-0.39, 0.29) is 18.4 Å². The van der Waals surface area contributed by atoms with E-state index in [0.717, 1.165) is 17.9 Å². The summed E-state index contributed by atoms with van der Waals surface area (Å²) in [6, 6.07) is 15.2. The van der Waals surface area contributed by atoms with Crippen molar-refractivity contribution in [3.05, 3.63) is 60.4 Å². The van der Waals surface area contributed by atoms with Crippen LogP contribution >= 0.6 is 0 Å². The van der Waals surface area contributed by atoms with Crippen molar-refractivity contribution in [3.63, 3.8) is 0 Å². The Morgan fingerprint density at radius 3 is 3.07 bits per heavy atom. The molecular formula is C19H19N5O3. The maximum absolute atomic E-state index is 12.1. The molecule has 0 saturated carbocycles. The van der Waals surface area contributed by atoms with Crippen LogP contribution in [0.1, 0.15) is 5.56 Å². The number of carbonyl (C=O) groups excluding carboxylic acids is 1. The van der Waals surface area contributed by atoms with E-state index in [1.54, 1.807) is 12.1 Å². The highest BCUT2D eigenvalue weighted by atomic mass is 16.5. The van der Waals surface area contributed by atoms with Crippen LogP contribution in [0.25, 0.3) is 5.69 Å². The van der Waals surface area contributed by atoms with E-state index in [4.69, 9.17) is 9.47 Å². The van der Waals surface area contributed by atoms with Gasteiger partial charge in [0.05, 0.1) is 12.3 Å². The number of nitrogens with zero attached hydrogens (tertiary/aromatic N) is 4. The van der Waals surface area contributed by atoms with Crippen LogP contribution in [-0.2, 0) is 11.2 Å². The Kier molecular flexibility index (Phi) is 4.95. The van der Waals surface area contributed by atoms with E-state index in [9.17, 15) is 4.79 Å². The lowest BCUT2D eigenvalue weighted by molar-refractivity contribution is -0.123. The third-order valence-electron chi connectivity index (χ3n) is 4.34. The second-order valence-electron chi connectivity index (χ2n) is 6.33. The van der Waals surface area contributed by atoms with Gasteiger partial charge in [-0.1, -0.05) is 24.3 Å². The number of tetrazole rings is 1. The number of benzene rings is 2. The molecule has 0 spiro atoms. The monoisotopic (exact) mass is 365 g/mol. The van der Waals surface area contributed by atoms with Crippen molar-refractivity contribution in [2.75, 3.05) is 19.8 Å². The molecule has 138 valence electrons. The minimum absolute atomic E-state index is 0.0524. The van der Waals surface area contributed by atoms with Gasteiger partial charge in [-0.25, -0.2) is 4.68 Å². The lowest BCUT2D eigenvalue weighted by atomic mass is 9.97. The summed E-state index contributed by atoms with van der Waals surface area (Å²) in [6.45, 7) is 1.11. The number of carbonyl (C=O) groups is 1. The fourth-order valence-corrected chi connectivity index (χ4v) is 2.98. The summed E-state index contributed by atoms with van der Waals surface area (Å²) in [6.07, 6.45) is 2.39. The molecule has 0 fully saturated rings. The fraction of sp³-hybridized carbons (Fsp3) is 0.263. The Bertz CT molecular complexity index is 913. The van der Waals surface area contributed by atoms with Crippen LogP contribution in [0, 0.1) is 5.92 Å². The van der Waals surface area contributed by atoms with Gasteiger partial charge in [0.1, 0.15) is 17.8 Å². The van der Waals surface area contributed by atoms with Crippen LogP contribution in [0.5, 0.6) is 11.5 Å². The molecular weight excluding hydrogens is 346 g/mol.